The molecule has 1 aromatic heterocycles. The number of benzene rings is 3. The van der Waals surface area contributed by atoms with Gasteiger partial charge in [0.05, 0.1) is 29.9 Å². The molecule has 1 aliphatic rings. The molecule has 0 radical (unpaired) electrons. The van der Waals surface area contributed by atoms with E-state index in [4.69, 9.17) is 19.2 Å². The average Bonchev–Trinajstić information content (AvgIpc) is 3.15. The fourth-order valence-corrected chi connectivity index (χ4v) is 4.38. The number of aromatic nitrogens is 2. The van der Waals surface area contributed by atoms with Crippen molar-refractivity contribution in [3.8, 4) is 11.5 Å². The number of hydrogen-bond acceptors (Lipinski definition) is 5. The van der Waals surface area contributed by atoms with Gasteiger partial charge in [0.25, 0.3) is 0 Å². The molecule has 180 valence electrons. The average molecular weight is 478 g/mol. The lowest BCUT2D eigenvalue weighted by Crippen LogP contribution is -2.20. The van der Waals surface area contributed by atoms with Crippen molar-refractivity contribution in [2.75, 3.05) is 13.2 Å². The van der Waals surface area contributed by atoms with Crippen molar-refractivity contribution < 1.29 is 27.8 Å². The summed E-state index contributed by atoms with van der Waals surface area (Å²) in [7, 11) is 0. The van der Waals surface area contributed by atoms with E-state index in [0.717, 1.165) is 23.5 Å². The standard InChI is InChI=1S/C27H24F2N2O4/c1-3-33-27(32)18-11-21-26(30-16(2)31(21)15-17-7-5-4-6-8-17)24(12-18)35-22-9-10-34-23-14-19(28)13-20(29)25(22)23/h4-8,11-14,22H,3,9-10,15H2,1-2H3/t22-/m0/s1. The number of nitrogens with zero attached hydrogens (tertiary/aromatic N) is 2. The Balaban J connectivity index is 1.61. The molecule has 0 amide bonds. The van der Waals surface area contributed by atoms with Gasteiger partial charge in [-0.15, -0.1) is 0 Å². The molecule has 5 rings (SSSR count). The van der Waals surface area contributed by atoms with Crippen LogP contribution in [0.3, 0.4) is 0 Å². The van der Waals surface area contributed by atoms with Gasteiger partial charge in [-0.3, -0.25) is 0 Å². The van der Waals surface area contributed by atoms with Crippen LogP contribution >= 0.6 is 0 Å². The number of imidazole rings is 1. The van der Waals surface area contributed by atoms with Crippen molar-refractivity contribution in [3.63, 3.8) is 0 Å². The predicted octanol–water partition coefficient (Wildman–Crippen LogP) is 5.75. The molecule has 0 N–H and O–H groups in total. The van der Waals surface area contributed by atoms with Gasteiger partial charge in [0.15, 0.2) is 0 Å². The highest BCUT2D eigenvalue weighted by molar-refractivity contribution is 5.96. The van der Waals surface area contributed by atoms with E-state index in [1.54, 1.807) is 19.1 Å². The lowest BCUT2D eigenvalue weighted by molar-refractivity contribution is 0.0525. The Bertz CT molecular complexity index is 1400. The van der Waals surface area contributed by atoms with Crippen molar-refractivity contribution in [2.24, 2.45) is 0 Å². The molecule has 2 heterocycles. The third kappa shape index (κ3) is 4.43. The van der Waals surface area contributed by atoms with Gasteiger partial charge in [0, 0.05) is 25.1 Å². The molecule has 0 aliphatic carbocycles. The van der Waals surface area contributed by atoms with Gasteiger partial charge in [0.2, 0.25) is 0 Å². The predicted molar refractivity (Wildman–Crippen MR) is 126 cm³/mol. The van der Waals surface area contributed by atoms with Crippen LogP contribution in [0.25, 0.3) is 11.0 Å². The van der Waals surface area contributed by atoms with Crippen molar-refractivity contribution in [2.45, 2.75) is 32.9 Å². The SMILES string of the molecule is CCOC(=O)c1cc(O[C@H]2CCOc3cc(F)cc(F)c32)c2nc(C)n(Cc3ccccc3)c2c1. The topological polar surface area (TPSA) is 62.6 Å². The monoisotopic (exact) mass is 478 g/mol. The second-order valence-corrected chi connectivity index (χ2v) is 8.34. The maximum absolute atomic E-state index is 14.7. The number of ether oxygens (including phenoxy) is 3. The number of fused-ring (bicyclic) bond motifs is 2. The number of aryl methyl sites for hydroxylation is 1. The highest BCUT2D eigenvalue weighted by Gasteiger charge is 2.29. The van der Waals surface area contributed by atoms with Crippen LogP contribution in [0.5, 0.6) is 11.5 Å². The molecule has 3 aromatic carbocycles. The van der Waals surface area contributed by atoms with Crippen LogP contribution in [-0.2, 0) is 11.3 Å². The highest BCUT2D eigenvalue weighted by Crippen LogP contribution is 2.40. The normalized spacial score (nSPS) is 14.9. The number of carbonyl (C=O) groups is 1. The van der Waals surface area contributed by atoms with E-state index < -0.39 is 23.7 Å². The molecule has 35 heavy (non-hydrogen) atoms. The van der Waals surface area contributed by atoms with Crippen LogP contribution in [0.15, 0.2) is 54.6 Å². The van der Waals surface area contributed by atoms with E-state index in [1.165, 1.54) is 0 Å². The maximum Gasteiger partial charge on any atom is 0.338 e. The highest BCUT2D eigenvalue weighted by atomic mass is 19.1. The van der Waals surface area contributed by atoms with Gasteiger partial charge in [-0.05, 0) is 31.5 Å². The molecular weight excluding hydrogens is 454 g/mol. The van der Waals surface area contributed by atoms with E-state index in [-0.39, 0.29) is 24.5 Å². The first-order valence-corrected chi connectivity index (χ1v) is 11.4. The van der Waals surface area contributed by atoms with E-state index in [9.17, 15) is 13.6 Å². The Morgan fingerprint density at radius 3 is 2.74 bits per heavy atom. The molecule has 8 heteroatoms. The van der Waals surface area contributed by atoms with Gasteiger partial charge in [0.1, 0.15) is 40.6 Å². The van der Waals surface area contributed by atoms with Crippen LogP contribution in [0, 0.1) is 18.6 Å². The summed E-state index contributed by atoms with van der Waals surface area (Å²) in [6.07, 6.45) is -0.385. The van der Waals surface area contributed by atoms with Gasteiger partial charge >= 0.3 is 5.97 Å². The van der Waals surface area contributed by atoms with Gasteiger partial charge in [-0.2, -0.15) is 0 Å². The molecule has 1 aliphatic heterocycles. The quantitative estimate of drug-likeness (QED) is 0.330. The lowest BCUT2D eigenvalue weighted by atomic mass is 10.0. The third-order valence-electron chi connectivity index (χ3n) is 5.99. The molecule has 0 fully saturated rings. The van der Waals surface area contributed by atoms with Crippen LogP contribution in [0.2, 0.25) is 0 Å². The second kappa shape index (κ2) is 9.37. The molecule has 6 nitrogen and oxygen atoms in total. The van der Waals surface area contributed by atoms with Crippen LogP contribution in [0.1, 0.15) is 46.8 Å². The fourth-order valence-electron chi connectivity index (χ4n) is 4.38. The molecular formula is C27H24F2N2O4. The Morgan fingerprint density at radius 1 is 1.17 bits per heavy atom. The number of hydrogen-bond donors (Lipinski definition) is 0. The van der Waals surface area contributed by atoms with Gasteiger partial charge < -0.3 is 18.8 Å². The van der Waals surface area contributed by atoms with E-state index in [1.807, 2.05) is 41.8 Å². The van der Waals surface area contributed by atoms with Crippen LogP contribution < -0.4 is 9.47 Å². The zero-order chi connectivity index (χ0) is 24.5. The number of rotatable bonds is 6. The van der Waals surface area contributed by atoms with Gasteiger partial charge in [-0.25, -0.2) is 18.6 Å². The first kappa shape index (κ1) is 22.8. The van der Waals surface area contributed by atoms with Crippen molar-refractivity contribution in [1.82, 2.24) is 9.55 Å². The smallest absolute Gasteiger partial charge is 0.338 e. The summed E-state index contributed by atoms with van der Waals surface area (Å²) in [5.41, 5.74) is 2.75. The van der Waals surface area contributed by atoms with Crippen molar-refractivity contribution in [1.29, 1.82) is 0 Å². The molecule has 0 unspecified atom stereocenters. The van der Waals surface area contributed by atoms with Gasteiger partial charge in [-0.1, -0.05) is 30.3 Å². The zero-order valence-electron chi connectivity index (χ0n) is 19.4. The van der Waals surface area contributed by atoms with Crippen molar-refractivity contribution in [3.05, 3.63) is 88.7 Å². The first-order valence-electron chi connectivity index (χ1n) is 11.4. The molecule has 0 bridgehead atoms. The summed E-state index contributed by atoms with van der Waals surface area (Å²) in [6, 6.07) is 15.2. The fraction of sp³-hybridized carbons (Fsp3) is 0.259. The third-order valence-corrected chi connectivity index (χ3v) is 5.99. The Kier molecular flexibility index (Phi) is 6.11. The Labute approximate surface area is 201 Å². The minimum absolute atomic E-state index is 0.113. The minimum atomic E-state index is -0.742. The summed E-state index contributed by atoms with van der Waals surface area (Å²) in [5, 5.41) is 0. The lowest BCUT2D eigenvalue weighted by Gasteiger charge is -2.27. The summed E-state index contributed by atoms with van der Waals surface area (Å²) in [4.78, 5) is 17.4. The summed E-state index contributed by atoms with van der Waals surface area (Å²) in [5.74, 6) is -0.790. The number of halogens is 2. The van der Waals surface area contributed by atoms with Crippen LogP contribution in [-0.4, -0.2) is 28.7 Å². The van der Waals surface area contributed by atoms with E-state index in [2.05, 4.69) is 0 Å². The summed E-state index contributed by atoms with van der Waals surface area (Å²) >= 11 is 0. The molecule has 1 atom stereocenters. The molecule has 0 saturated carbocycles. The largest absolute Gasteiger partial charge is 0.493 e. The first-order chi connectivity index (χ1) is 16.9. The summed E-state index contributed by atoms with van der Waals surface area (Å²) in [6.45, 7) is 4.62. The van der Waals surface area contributed by atoms with E-state index >= 15 is 0 Å². The molecule has 0 saturated heterocycles. The number of esters is 1. The second-order valence-electron chi connectivity index (χ2n) is 8.34. The Hall–Kier alpha value is -3.94. The summed E-state index contributed by atoms with van der Waals surface area (Å²) < 4.78 is 47.4. The zero-order valence-corrected chi connectivity index (χ0v) is 19.4. The Morgan fingerprint density at radius 2 is 1.97 bits per heavy atom. The van der Waals surface area contributed by atoms with Crippen LogP contribution in [0.4, 0.5) is 8.78 Å². The van der Waals surface area contributed by atoms with E-state index in [0.29, 0.717) is 35.3 Å². The maximum atomic E-state index is 14.7. The molecule has 4 aromatic rings. The molecule has 0 spiro atoms. The van der Waals surface area contributed by atoms with Crippen molar-refractivity contribution >= 4 is 17.0 Å². The number of carbonyl (C=O) groups excluding carboxylic acids is 1. The minimum Gasteiger partial charge on any atom is -0.493 e.